The van der Waals surface area contributed by atoms with Crippen LogP contribution in [-0.2, 0) is 4.79 Å². The number of amides is 2. The summed E-state index contributed by atoms with van der Waals surface area (Å²) in [6, 6.07) is 8.64. The molecule has 0 bridgehead atoms. The zero-order chi connectivity index (χ0) is 23.5. The van der Waals surface area contributed by atoms with Crippen LogP contribution in [0.2, 0.25) is 20.1 Å². The van der Waals surface area contributed by atoms with Crippen molar-refractivity contribution in [2.45, 2.75) is 36.2 Å². The molecule has 1 saturated carbocycles. The first-order chi connectivity index (χ1) is 15.7. The molecular formula is C22H16Cl4N2O4S. The molecule has 0 aromatic heterocycles. The molecule has 0 unspecified atom stereocenters. The third-order valence-electron chi connectivity index (χ3n) is 6.03. The molecule has 2 heterocycles. The number of ether oxygens (including phenoxy) is 2. The van der Waals surface area contributed by atoms with Crippen LogP contribution in [0.5, 0.6) is 11.5 Å². The average Bonchev–Trinajstić information content (AvgIpc) is 3.10. The second-order valence-corrected chi connectivity index (χ2v) is 10.7. The van der Waals surface area contributed by atoms with Gasteiger partial charge in [0.2, 0.25) is 4.93 Å². The van der Waals surface area contributed by atoms with Gasteiger partial charge in [-0.2, -0.15) is 0 Å². The normalized spacial score (nSPS) is 25.3. The van der Waals surface area contributed by atoms with E-state index in [1.807, 2.05) is 0 Å². The van der Waals surface area contributed by atoms with E-state index < -0.39 is 16.4 Å². The average molecular weight is 546 g/mol. The summed E-state index contributed by atoms with van der Waals surface area (Å²) in [5, 5.41) is 3.23. The molecule has 3 N–H and O–H groups in total. The van der Waals surface area contributed by atoms with Crippen molar-refractivity contribution in [3.05, 3.63) is 66.6 Å². The Balaban J connectivity index is 1.66. The van der Waals surface area contributed by atoms with Gasteiger partial charge < -0.3 is 20.5 Å². The summed E-state index contributed by atoms with van der Waals surface area (Å²) >= 11 is 26.6. The minimum Gasteiger partial charge on any atom is -0.471 e. The number of halogens is 4. The molecule has 33 heavy (non-hydrogen) atoms. The maximum absolute atomic E-state index is 12.9. The van der Waals surface area contributed by atoms with Crippen molar-refractivity contribution in [1.82, 2.24) is 5.32 Å². The van der Waals surface area contributed by atoms with Crippen LogP contribution >= 0.6 is 58.2 Å². The molecule has 2 aromatic rings. The van der Waals surface area contributed by atoms with E-state index in [4.69, 9.17) is 61.6 Å². The molecule has 11 heteroatoms. The quantitative estimate of drug-likeness (QED) is 0.367. The first-order valence-electron chi connectivity index (χ1n) is 10.0. The lowest BCUT2D eigenvalue weighted by Gasteiger charge is -2.51. The first kappa shape index (κ1) is 23.0. The Hall–Kier alpha value is -1.77. The predicted molar refractivity (Wildman–Crippen MR) is 129 cm³/mol. The first-order valence-corrected chi connectivity index (χ1v) is 12.4. The number of nitrogens with two attached hydrogens (primary N) is 1. The van der Waals surface area contributed by atoms with Gasteiger partial charge in [-0.1, -0.05) is 76.4 Å². The van der Waals surface area contributed by atoms with E-state index in [0.29, 0.717) is 18.4 Å². The number of hydrogen-bond acceptors (Lipinski definition) is 5. The minimum atomic E-state index is -1.29. The summed E-state index contributed by atoms with van der Waals surface area (Å²) in [7, 11) is 0. The Kier molecular flexibility index (Phi) is 5.69. The maximum Gasteiger partial charge on any atom is 0.256 e. The molecule has 2 aromatic carbocycles. The molecule has 172 valence electrons. The van der Waals surface area contributed by atoms with Crippen LogP contribution in [0.1, 0.15) is 36.0 Å². The molecule has 2 amide bonds. The molecule has 0 saturated heterocycles. The lowest BCUT2D eigenvalue weighted by molar-refractivity contribution is -0.123. The molecule has 5 rings (SSSR count). The third kappa shape index (κ3) is 3.32. The van der Waals surface area contributed by atoms with Gasteiger partial charge in [0, 0.05) is 12.0 Å². The Morgan fingerprint density at radius 1 is 0.909 bits per heavy atom. The molecular weight excluding hydrogens is 530 g/mol. The van der Waals surface area contributed by atoms with Crippen LogP contribution < -0.4 is 20.5 Å². The number of nitrogens with one attached hydrogen (secondary N) is 1. The number of thioether (sulfide) groups is 1. The molecule has 1 fully saturated rings. The third-order valence-corrected chi connectivity index (χ3v) is 9.26. The summed E-state index contributed by atoms with van der Waals surface area (Å²) in [5.74, 6) is -0.896. The van der Waals surface area contributed by atoms with Gasteiger partial charge in [0.05, 0.1) is 20.6 Å². The van der Waals surface area contributed by atoms with Crippen LogP contribution in [-0.4, -0.2) is 22.3 Å². The van der Waals surface area contributed by atoms with Gasteiger partial charge in [-0.3, -0.25) is 9.59 Å². The van der Waals surface area contributed by atoms with Gasteiger partial charge in [-0.25, -0.2) is 0 Å². The summed E-state index contributed by atoms with van der Waals surface area (Å²) in [4.78, 5) is 24.6. The Labute approximate surface area is 213 Å². The highest BCUT2D eigenvalue weighted by molar-refractivity contribution is 8.04. The zero-order valence-corrected chi connectivity index (χ0v) is 20.7. The number of fused-ring (bicyclic) bond motifs is 1. The Morgan fingerprint density at radius 3 is 2.15 bits per heavy atom. The fraction of sp³-hybridized carbons (Fsp3) is 0.273. The van der Waals surface area contributed by atoms with E-state index in [1.165, 1.54) is 11.8 Å². The lowest BCUT2D eigenvalue weighted by atomic mass is 9.75. The molecule has 0 spiro atoms. The number of benzene rings is 2. The zero-order valence-electron chi connectivity index (χ0n) is 16.8. The van der Waals surface area contributed by atoms with Gasteiger partial charge in [0.15, 0.2) is 17.1 Å². The number of hydrogen-bond donors (Lipinski definition) is 2. The van der Waals surface area contributed by atoms with Crippen molar-refractivity contribution in [2.24, 2.45) is 5.73 Å². The molecule has 6 nitrogen and oxygen atoms in total. The minimum absolute atomic E-state index is 0.0123. The smallest absolute Gasteiger partial charge is 0.256 e. The standard InChI is InChI=1S/C22H16Cl4N2O4S/c23-12-13(24)15(26)17-16(14(12)25)31-21-8-4-5-9-22(21,32-17)33-20(11(21)18(27)29)28-19(30)10-6-2-1-3-7-10/h1-3,6-7H,4-5,8-9H2,(H2,27,29)(H,28,30)/t21-,22+/m1/s1. The van der Waals surface area contributed by atoms with E-state index in [0.717, 1.165) is 12.8 Å². The van der Waals surface area contributed by atoms with Crippen molar-refractivity contribution in [1.29, 1.82) is 0 Å². The topological polar surface area (TPSA) is 90.7 Å². The molecule has 2 atom stereocenters. The highest BCUT2D eigenvalue weighted by Gasteiger charge is 2.69. The number of carbonyl (C=O) groups is 2. The number of primary amides is 1. The highest BCUT2D eigenvalue weighted by Crippen LogP contribution is 2.66. The van der Waals surface area contributed by atoms with Crippen molar-refractivity contribution in [3.63, 3.8) is 0 Å². The van der Waals surface area contributed by atoms with Gasteiger partial charge in [-0.05, 0) is 31.4 Å². The van der Waals surface area contributed by atoms with Crippen molar-refractivity contribution in [3.8, 4) is 11.5 Å². The van der Waals surface area contributed by atoms with Gasteiger partial charge in [0.25, 0.3) is 11.8 Å². The van der Waals surface area contributed by atoms with Crippen LogP contribution in [0.4, 0.5) is 0 Å². The van der Waals surface area contributed by atoms with Crippen molar-refractivity contribution < 1.29 is 19.1 Å². The summed E-state index contributed by atoms with van der Waals surface area (Å²) < 4.78 is 12.9. The van der Waals surface area contributed by atoms with Crippen molar-refractivity contribution in [2.75, 3.05) is 0 Å². The number of rotatable bonds is 3. The largest absolute Gasteiger partial charge is 0.471 e. The van der Waals surface area contributed by atoms with Crippen LogP contribution in [0, 0.1) is 0 Å². The van der Waals surface area contributed by atoms with E-state index in [-0.39, 0.29) is 48.1 Å². The maximum atomic E-state index is 12.9. The van der Waals surface area contributed by atoms with Gasteiger partial charge in [0.1, 0.15) is 10.0 Å². The lowest BCUT2D eigenvalue weighted by Crippen LogP contribution is -2.63. The van der Waals surface area contributed by atoms with E-state index in [2.05, 4.69) is 5.32 Å². The molecule has 0 radical (unpaired) electrons. The predicted octanol–water partition coefficient (Wildman–Crippen LogP) is 5.95. The second-order valence-electron chi connectivity index (χ2n) is 7.90. The SMILES string of the molecule is NC(=O)C1=C(NC(=O)c2ccccc2)S[C@@]23CCCC[C@@]12Oc1c(Cl)c(Cl)c(Cl)c(Cl)c1O3. The Bertz CT molecular complexity index is 1240. The fourth-order valence-electron chi connectivity index (χ4n) is 4.58. The number of carbonyl (C=O) groups excluding carboxylic acids is 2. The van der Waals surface area contributed by atoms with Crippen LogP contribution in [0.3, 0.4) is 0 Å². The second kappa shape index (κ2) is 8.17. The van der Waals surface area contributed by atoms with Crippen molar-refractivity contribution >= 4 is 70.0 Å². The summed E-state index contributed by atoms with van der Waals surface area (Å²) in [6.45, 7) is 0. The highest BCUT2D eigenvalue weighted by atomic mass is 35.5. The van der Waals surface area contributed by atoms with Crippen LogP contribution in [0.15, 0.2) is 40.9 Å². The van der Waals surface area contributed by atoms with Gasteiger partial charge in [-0.15, -0.1) is 0 Å². The van der Waals surface area contributed by atoms with E-state index in [9.17, 15) is 9.59 Å². The van der Waals surface area contributed by atoms with Crippen LogP contribution in [0.25, 0.3) is 0 Å². The van der Waals surface area contributed by atoms with E-state index in [1.54, 1.807) is 30.3 Å². The fourth-order valence-corrected chi connectivity index (χ4v) is 7.10. The monoisotopic (exact) mass is 544 g/mol. The summed E-state index contributed by atoms with van der Waals surface area (Å²) in [5.41, 5.74) is 5.11. The summed E-state index contributed by atoms with van der Waals surface area (Å²) in [6.07, 6.45) is 2.46. The van der Waals surface area contributed by atoms with E-state index >= 15 is 0 Å². The molecule has 2 aliphatic heterocycles. The Morgan fingerprint density at radius 2 is 1.52 bits per heavy atom. The molecule has 1 aliphatic carbocycles. The van der Waals surface area contributed by atoms with Gasteiger partial charge >= 0.3 is 0 Å². The molecule has 3 aliphatic rings.